The Morgan fingerprint density at radius 2 is 1.75 bits per heavy atom. The van der Waals surface area contributed by atoms with Crippen molar-refractivity contribution in [3.8, 4) is 21.7 Å². The summed E-state index contributed by atoms with van der Waals surface area (Å²) < 4.78 is 9.04. The van der Waals surface area contributed by atoms with Crippen LogP contribution in [0, 0.1) is 6.92 Å². The van der Waals surface area contributed by atoms with Crippen LogP contribution in [0.25, 0.3) is 42.8 Å². The van der Waals surface area contributed by atoms with E-state index in [9.17, 15) is 9.90 Å². The number of ether oxygens (including phenoxy) is 1. The van der Waals surface area contributed by atoms with Crippen LogP contribution in [0.15, 0.2) is 48.5 Å². The molecule has 3 heterocycles. The van der Waals surface area contributed by atoms with Crippen LogP contribution >= 0.6 is 22.9 Å². The molecular formula is C34H38ClN5O3S. The average molecular weight is 632 g/mol. The molecule has 0 amide bonds. The Labute approximate surface area is 266 Å². The van der Waals surface area contributed by atoms with Crippen LogP contribution < -0.4 is 4.90 Å². The van der Waals surface area contributed by atoms with Crippen molar-refractivity contribution in [2.24, 2.45) is 7.05 Å². The van der Waals surface area contributed by atoms with Crippen molar-refractivity contribution in [3.05, 3.63) is 64.7 Å². The fraction of sp³-hybridized carbons (Fsp3) is 0.382. The second-order valence-electron chi connectivity index (χ2n) is 12.6. The summed E-state index contributed by atoms with van der Waals surface area (Å²) in [4.78, 5) is 22.6. The quantitative estimate of drug-likeness (QED) is 0.207. The lowest BCUT2D eigenvalue weighted by Gasteiger charge is -2.28. The molecule has 10 heteroatoms. The van der Waals surface area contributed by atoms with E-state index in [4.69, 9.17) is 26.4 Å². The number of carbonyl (C=O) groups is 1. The van der Waals surface area contributed by atoms with Gasteiger partial charge in [0, 0.05) is 53.8 Å². The third-order valence-corrected chi connectivity index (χ3v) is 9.51. The van der Waals surface area contributed by atoms with Crippen LogP contribution in [-0.4, -0.2) is 69.6 Å². The Morgan fingerprint density at radius 1 is 1.02 bits per heavy atom. The van der Waals surface area contributed by atoms with Crippen molar-refractivity contribution in [1.29, 1.82) is 0 Å². The summed E-state index contributed by atoms with van der Waals surface area (Å²) >= 11 is 7.83. The summed E-state index contributed by atoms with van der Waals surface area (Å²) in [5.41, 5.74) is 5.36. The van der Waals surface area contributed by atoms with E-state index in [0.717, 1.165) is 86.8 Å². The van der Waals surface area contributed by atoms with Gasteiger partial charge in [-0.3, -0.25) is 4.68 Å². The van der Waals surface area contributed by atoms with Gasteiger partial charge < -0.3 is 19.6 Å². The largest absolute Gasteiger partial charge is 0.479 e. The molecule has 6 rings (SSSR count). The lowest BCUT2D eigenvalue weighted by molar-refractivity contribution is -0.160. The molecule has 1 fully saturated rings. The number of aliphatic carboxylic acids is 1. The minimum Gasteiger partial charge on any atom is -0.479 e. The first-order valence-electron chi connectivity index (χ1n) is 14.9. The highest BCUT2D eigenvalue weighted by molar-refractivity contribution is 7.22. The van der Waals surface area contributed by atoms with Crippen molar-refractivity contribution < 1.29 is 14.6 Å². The van der Waals surface area contributed by atoms with E-state index in [-0.39, 0.29) is 0 Å². The predicted molar refractivity (Wildman–Crippen MR) is 180 cm³/mol. The molecule has 0 saturated carbocycles. The van der Waals surface area contributed by atoms with E-state index < -0.39 is 17.7 Å². The molecule has 1 aliphatic rings. The van der Waals surface area contributed by atoms with Gasteiger partial charge in [0.2, 0.25) is 0 Å². The van der Waals surface area contributed by atoms with Gasteiger partial charge in [0.25, 0.3) is 0 Å². The second kappa shape index (κ2) is 11.8. The predicted octanol–water partition coefficient (Wildman–Crippen LogP) is 7.56. The lowest BCUT2D eigenvalue weighted by Crippen LogP contribution is -2.29. The fourth-order valence-electron chi connectivity index (χ4n) is 6.03. The number of nitrogens with zero attached hydrogens (tertiary/aromatic N) is 5. The van der Waals surface area contributed by atoms with E-state index in [1.807, 2.05) is 69.8 Å². The molecule has 5 aromatic rings. The molecule has 0 aliphatic carbocycles. The van der Waals surface area contributed by atoms with Crippen LogP contribution in [0.4, 0.5) is 5.82 Å². The highest BCUT2D eigenvalue weighted by Crippen LogP contribution is 2.45. The Balaban J connectivity index is 1.53. The van der Waals surface area contributed by atoms with Crippen molar-refractivity contribution >= 4 is 55.8 Å². The van der Waals surface area contributed by atoms with Crippen LogP contribution in [0.3, 0.4) is 0 Å². The zero-order chi connectivity index (χ0) is 31.3. The SMILES string of the molecule is Cc1cc2nc(-c3ccc4c(c3)c(N3CCCN(C)CC3)nn4C)sc2c(-c2ccc(Cl)cc2)c1C(OC(C)(C)C)C(=O)O. The molecule has 230 valence electrons. The molecular weight excluding hydrogens is 594 g/mol. The molecule has 1 N–H and O–H groups in total. The second-order valence-corrected chi connectivity index (χ2v) is 14.1. The molecule has 0 spiro atoms. The summed E-state index contributed by atoms with van der Waals surface area (Å²) in [5, 5.41) is 17.9. The maximum absolute atomic E-state index is 12.7. The Morgan fingerprint density at radius 3 is 2.45 bits per heavy atom. The molecule has 2 aromatic heterocycles. The van der Waals surface area contributed by atoms with Gasteiger partial charge >= 0.3 is 5.97 Å². The van der Waals surface area contributed by atoms with Gasteiger partial charge in [0.1, 0.15) is 5.01 Å². The first-order valence-corrected chi connectivity index (χ1v) is 16.1. The minimum atomic E-state index is -1.16. The molecule has 8 nitrogen and oxygen atoms in total. The number of carboxylic acid groups (broad SMARTS) is 1. The number of hydrogen-bond acceptors (Lipinski definition) is 7. The van der Waals surface area contributed by atoms with Crippen LogP contribution in [0.2, 0.25) is 5.02 Å². The number of benzene rings is 3. The summed E-state index contributed by atoms with van der Waals surface area (Å²) in [6.07, 6.45) is -0.0602. The standard InChI is InChI=1S/C34H38ClN5O3S/c1-20-18-25-30(28(21-8-11-23(35)12-9-21)27(20)29(33(41)42)43-34(2,3)4)44-32(36-25)22-10-13-26-24(19-22)31(37-39(26)6)40-15-7-14-38(5)16-17-40/h8-13,18-19,29H,7,14-17H2,1-6H3,(H,41,42). The van der Waals surface area contributed by atoms with Crippen molar-refractivity contribution in [1.82, 2.24) is 19.7 Å². The van der Waals surface area contributed by atoms with Crippen LogP contribution in [0.5, 0.6) is 0 Å². The number of likely N-dealkylation sites (N-methyl/N-ethyl adjacent to an activating group) is 1. The molecule has 1 unspecified atom stereocenters. The van der Waals surface area contributed by atoms with E-state index in [1.54, 1.807) is 11.3 Å². The van der Waals surface area contributed by atoms with Crippen molar-refractivity contribution in [2.45, 2.75) is 45.8 Å². The number of aromatic nitrogens is 3. The zero-order valence-electron chi connectivity index (χ0n) is 26.0. The fourth-order valence-corrected chi connectivity index (χ4v) is 7.28. The number of halogens is 1. The van der Waals surface area contributed by atoms with Gasteiger partial charge in [-0.15, -0.1) is 11.3 Å². The molecule has 0 bridgehead atoms. The Kier molecular flexibility index (Phi) is 8.17. The Hall–Kier alpha value is -3.50. The number of anilines is 1. The van der Waals surface area contributed by atoms with Crippen LogP contribution in [-0.2, 0) is 16.6 Å². The lowest BCUT2D eigenvalue weighted by atomic mass is 9.91. The molecule has 1 aliphatic heterocycles. The summed E-state index contributed by atoms with van der Waals surface area (Å²) in [7, 11) is 4.17. The van der Waals surface area contributed by atoms with E-state index in [1.165, 1.54) is 0 Å². The number of thiazole rings is 1. The van der Waals surface area contributed by atoms with Gasteiger partial charge in [-0.25, -0.2) is 9.78 Å². The maximum atomic E-state index is 12.7. The zero-order valence-corrected chi connectivity index (χ0v) is 27.6. The van der Waals surface area contributed by atoms with Crippen LogP contribution in [0.1, 0.15) is 44.4 Å². The van der Waals surface area contributed by atoms with Gasteiger partial charge in [-0.05, 0) is 95.2 Å². The number of hydrogen-bond donors (Lipinski definition) is 1. The first kappa shape index (κ1) is 30.5. The topological polar surface area (TPSA) is 83.7 Å². The normalized spacial score (nSPS) is 15.7. The summed E-state index contributed by atoms with van der Waals surface area (Å²) in [6.45, 7) is 11.5. The minimum absolute atomic E-state index is 0.613. The summed E-state index contributed by atoms with van der Waals surface area (Å²) in [6, 6.07) is 15.9. The average Bonchev–Trinajstić information content (AvgIpc) is 3.45. The van der Waals surface area contributed by atoms with Gasteiger partial charge in [0.05, 0.1) is 21.3 Å². The van der Waals surface area contributed by atoms with Crippen molar-refractivity contribution in [2.75, 3.05) is 38.1 Å². The van der Waals surface area contributed by atoms with E-state index in [2.05, 4.69) is 35.0 Å². The number of aryl methyl sites for hydroxylation is 2. The third-order valence-electron chi connectivity index (χ3n) is 8.12. The van der Waals surface area contributed by atoms with Gasteiger partial charge in [-0.1, -0.05) is 23.7 Å². The molecule has 3 aromatic carbocycles. The first-order chi connectivity index (χ1) is 20.9. The van der Waals surface area contributed by atoms with Gasteiger partial charge in [0.15, 0.2) is 11.9 Å². The summed E-state index contributed by atoms with van der Waals surface area (Å²) in [5.74, 6) is -0.0269. The number of carboxylic acids is 1. The maximum Gasteiger partial charge on any atom is 0.337 e. The Bertz CT molecular complexity index is 1860. The highest BCUT2D eigenvalue weighted by atomic mass is 35.5. The molecule has 44 heavy (non-hydrogen) atoms. The van der Waals surface area contributed by atoms with E-state index >= 15 is 0 Å². The monoisotopic (exact) mass is 631 g/mol. The molecule has 1 saturated heterocycles. The smallest absolute Gasteiger partial charge is 0.337 e. The number of fused-ring (bicyclic) bond motifs is 2. The highest BCUT2D eigenvalue weighted by Gasteiger charge is 2.32. The van der Waals surface area contributed by atoms with Crippen molar-refractivity contribution in [3.63, 3.8) is 0 Å². The van der Waals surface area contributed by atoms with Gasteiger partial charge in [-0.2, -0.15) is 5.10 Å². The molecule has 0 radical (unpaired) electrons. The van der Waals surface area contributed by atoms with E-state index in [0.29, 0.717) is 10.6 Å². The third kappa shape index (κ3) is 5.94. The number of rotatable bonds is 6. The molecule has 1 atom stereocenters.